The van der Waals surface area contributed by atoms with Crippen molar-refractivity contribution < 1.29 is 4.74 Å². The van der Waals surface area contributed by atoms with Crippen LogP contribution in [0.1, 0.15) is 0 Å². The summed E-state index contributed by atoms with van der Waals surface area (Å²) in [6.07, 6.45) is 2.02. The zero-order valence-electron chi connectivity index (χ0n) is 14.9. The number of thioether (sulfide) groups is 1. The molecule has 0 aliphatic carbocycles. The van der Waals surface area contributed by atoms with E-state index in [1.165, 1.54) is 5.69 Å². The lowest BCUT2D eigenvalue weighted by atomic mass is 10.2. The highest BCUT2D eigenvalue weighted by Crippen LogP contribution is 2.28. The number of anilines is 1. The van der Waals surface area contributed by atoms with Crippen LogP contribution in [0.25, 0.3) is 5.65 Å². The molecule has 4 rings (SSSR count). The van der Waals surface area contributed by atoms with Crippen LogP contribution in [0, 0.1) is 0 Å². The molecular weight excluding hydrogens is 346 g/mol. The summed E-state index contributed by atoms with van der Waals surface area (Å²) in [6.45, 7) is 5.25. The summed E-state index contributed by atoms with van der Waals surface area (Å²) in [4.78, 5) is 4.93. The maximum Gasteiger partial charge on any atom is 0.195 e. The Hall–Kier alpha value is -2.25. The molecule has 1 saturated heterocycles. The van der Waals surface area contributed by atoms with E-state index in [-0.39, 0.29) is 0 Å². The van der Waals surface area contributed by atoms with Crippen molar-refractivity contribution in [1.82, 2.24) is 19.5 Å². The molecular formula is C19H23N5OS. The van der Waals surface area contributed by atoms with Gasteiger partial charge in [0, 0.05) is 44.7 Å². The number of pyridine rings is 1. The van der Waals surface area contributed by atoms with E-state index in [1.54, 1.807) is 18.9 Å². The Morgan fingerprint density at radius 2 is 1.81 bits per heavy atom. The minimum atomic E-state index is 0.903. The van der Waals surface area contributed by atoms with Gasteiger partial charge >= 0.3 is 0 Å². The fraction of sp³-hybridized carbons (Fsp3) is 0.368. The maximum absolute atomic E-state index is 5.49. The largest absolute Gasteiger partial charge is 0.495 e. The molecule has 3 aromatic rings. The molecule has 6 nitrogen and oxygen atoms in total. The van der Waals surface area contributed by atoms with Gasteiger partial charge in [-0.2, -0.15) is 0 Å². The number of aromatic nitrogens is 3. The highest BCUT2D eigenvalue weighted by Gasteiger charge is 2.19. The third-order valence-corrected chi connectivity index (χ3v) is 5.64. The van der Waals surface area contributed by atoms with Crippen LogP contribution in [0.5, 0.6) is 5.75 Å². The molecule has 1 aliphatic heterocycles. The molecule has 26 heavy (non-hydrogen) atoms. The molecule has 0 radical (unpaired) electrons. The lowest BCUT2D eigenvalue weighted by Crippen LogP contribution is -2.47. The number of nitrogens with zero attached hydrogens (tertiary/aromatic N) is 5. The van der Waals surface area contributed by atoms with E-state index in [2.05, 4.69) is 32.1 Å². The van der Waals surface area contributed by atoms with Gasteiger partial charge in [-0.25, -0.2) is 0 Å². The highest BCUT2D eigenvalue weighted by molar-refractivity contribution is 7.99. The van der Waals surface area contributed by atoms with Gasteiger partial charge in [0.15, 0.2) is 10.8 Å². The van der Waals surface area contributed by atoms with E-state index >= 15 is 0 Å². The zero-order valence-corrected chi connectivity index (χ0v) is 15.7. The normalized spacial score (nSPS) is 15.5. The first kappa shape index (κ1) is 17.2. The number of ether oxygens (including phenoxy) is 1. The monoisotopic (exact) mass is 369 g/mol. The van der Waals surface area contributed by atoms with E-state index in [9.17, 15) is 0 Å². The van der Waals surface area contributed by atoms with E-state index in [0.29, 0.717) is 0 Å². The van der Waals surface area contributed by atoms with Crippen LogP contribution in [0.4, 0.5) is 5.69 Å². The maximum atomic E-state index is 5.49. The van der Waals surface area contributed by atoms with Crippen molar-refractivity contribution in [2.24, 2.45) is 0 Å². The van der Waals surface area contributed by atoms with E-state index in [0.717, 1.165) is 55.0 Å². The predicted molar refractivity (Wildman–Crippen MR) is 105 cm³/mol. The average molecular weight is 369 g/mol. The molecule has 136 valence electrons. The van der Waals surface area contributed by atoms with E-state index in [1.807, 2.05) is 40.9 Å². The average Bonchev–Trinajstić information content (AvgIpc) is 3.12. The molecule has 0 bridgehead atoms. The van der Waals surface area contributed by atoms with Crippen molar-refractivity contribution in [3.05, 3.63) is 48.7 Å². The number of hydrogen-bond acceptors (Lipinski definition) is 6. The number of hydrogen-bond donors (Lipinski definition) is 0. The van der Waals surface area contributed by atoms with Gasteiger partial charge in [-0.1, -0.05) is 30.0 Å². The van der Waals surface area contributed by atoms with Crippen LogP contribution >= 0.6 is 11.8 Å². The molecule has 3 heterocycles. The summed E-state index contributed by atoms with van der Waals surface area (Å²) >= 11 is 1.77. The molecule has 1 fully saturated rings. The molecule has 1 aromatic carbocycles. The van der Waals surface area contributed by atoms with Crippen LogP contribution in [0.3, 0.4) is 0 Å². The van der Waals surface area contributed by atoms with Gasteiger partial charge in [-0.15, -0.1) is 10.2 Å². The number of rotatable bonds is 6. The van der Waals surface area contributed by atoms with Crippen molar-refractivity contribution in [2.75, 3.05) is 50.5 Å². The number of para-hydroxylation sites is 2. The van der Waals surface area contributed by atoms with Crippen molar-refractivity contribution in [1.29, 1.82) is 0 Å². The zero-order chi connectivity index (χ0) is 17.8. The second-order valence-corrected chi connectivity index (χ2v) is 7.32. The Balaban J connectivity index is 1.28. The van der Waals surface area contributed by atoms with Crippen molar-refractivity contribution >= 4 is 23.1 Å². The Kier molecular flexibility index (Phi) is 5.26. The van der Waals surface area contributed by atoms with E-state index < -0.39 is 0 Å². The summed E-state index contributed by atoms with van der Waals surface area (Å²) < 4.78 is 7.54. The predicted octanol–water partition coefficient (Wildman–Crippen LogP) is 2.65. The van der Waals surface area contributed by atoms with Crippen LogP contribution in [0.15, 0.2) is 53.8 Å². The number of benzene rings is 1. The number of piperazine rings is 1. The number of methoxy groups -OCH3 is 1. The lowest BCUT2D eigenvalue weighted by molar-refractivity contribution is 0.272. The van der Waals surface area contributed by atoms with Crippen LogP contribution in [0.2, 0.25) is 0 Å². The molecule has 7 heteroatoms. The SMILES string of the molecule is COc1ccccc1N1CCN(CCSc2nnc3ccccn23)CC1. The Bertz CT molecular complexity index is 860. The van der Waals surface area contributed by atoms with Crippen LogP contribution in [-0.2, 0) is 0 Å². The van der Waals surface area contributed by atoms with Gasteiger partial charge in [-0.3, -0.25) is 9.30 Å². The van der Waals surface area contributed by atoms with Gasteiger partial charge in [-0.05, 0) is 24.3 Å². The van der Waals surface area contributed by atoms with Crippen molar-refractivity contribution in [3.8, 4) is 5.75 Å². The third-order valence-electron chi connectivity index (χ3n) is 4.72. The third kappa shape index (κ3) is 3.64. The molecule has 0 amide bonds. The summed E-state index contributed by atoms with van der Waals surface area (Å²) in [5.74, 6) is 1.97. The second kappa shape index (κ2) is 7.97. The van der Waals surface area contributed by atoms with Crippen LogP contribution < -0.4 is 9.64 Å². The molecule has 0 unspecified atom stereocenters. The summed E-state index contributed by atoms with van der Waals surface area (Å²) in [5.41, 5.74) is 2.10. The molecule has 1 aliphatic rings. The molecule has 0 N–H and O–H groups in total. The minimum absolute atomic E-state index is 0.903. The summed E-state index contributed by atoms with van der Waals surface area (Å²) in [6, 6.07) is 14.2. The molecule has 2 aromatic heterocycles. The first-order valence-corrected chi connectivity index (χ1v) is 9.86. The van der Waals surface area contributed by atoms with Gasteiger partial charge < -0.3 is 9.64 Å². The van der Waals surface area contributed by atoms with Gasteiger partial charge in [0.1, 0.15) is 5.75 Å². The molecule has 0 atom stereocenters. The highest BCUT2D eigenvalue weighted by atomic mass is 32.2. The minimum Gasteiger partial charge on any atom is -0.495 e. The van der Waals surface area contributed by atoms with Gasteiger partial charge in [0.2, 0.25) is 0 Å². The Morgan fingerprint density at radius 1 is 1.00 bits per heavy atom. The van der Waals surface area contributed by atoms with Crippen molar-refractivity contribution in [3.63, 3.8) is 0 Å². The van der Waals surface area contributed by atoms with Gasteiger partial charge in [0.25, 0.3) is 0 Å². The van der Waals surface area contributed by atoms with Crippen molar-refractivity contribution in [2.45, 2.75) is 5.16 Å². The number of fused-ring (bicyclic) bond motifs is 1. The fourth-order valence-electron chi connectivity index (χ4n) is 3.29. The molecule has 0 saturated carbocycles. The quantitative estimate of drug-likeness (QED) is 0.623. The van der Waals surface area contributed by atoms with Gasteiger partial charge in [0.05, 0.1) is 12.8 Å². The second-order valence-electron chi connectivity index (χ2n) is 6.26. The standard InChI is InChI=1S/C19H23N5OS/c1-25-17-7-3-2-6-16(17)23-12-10-22(11-13-23)14-15-26-19-21-20-18-8-4-5-9-24(18)19/h2-9H,10-15H2,1H3. The Morgan fingerprint density at radius 3 is 2.65 bits per heavy atom. The van der Waals surface area contributed by atoms with E-state index in [4.69, 9.17) is 4.74 Å². The first-order valence-electron chi connectivity index (χ1n) is 8.88. The lowest BCUT2D eigenvalue weighted by Gasteiger charge is -2.36. The smallest absolute Gasteiger partial charge is 0.195 e. The summed E-state index contributed by atoms with van der Waals surface area (Å²) in [5, 5.41) is 9.45. The molecule has 0 spiro atoms. The topological polar surface area (TPSA) is 45.9 Å². The summed E-state index contributed by atoms with van der Waals surface area (Å²) in [7, 11) is 1.74. The van der Waals surface area contributed by atoms with Crippen LogP contribution in [-0.4, -0.2) is 65.1 Å². The first-order chi connectivity index (χ1) is 12.8. The Labute approximate surface area is 157 Å². The fourth-order valence-corrected chi connectivity index (χ4v) is 4.21.